The van der Waals surface area contributed by atoms with Crippen molar-refractivity contribution in [2.75, 3.05) is 21.3 Å². The third-order valence-electron chi connectivity index (χ3n) is 2.36. The summed E-state index contributed by atoms with van der Waals surface area (Å²) >= 11 is 0. The Hall–Kier alpha value is -1.27. The molecule has 0 heterocycles. The lowest BCUT2D eigenvalue weighted by Crippen LogP contribution is -2.20. The Morgan fingerprint density at radius 1 is 1.00 bits per heavy atom. The van der Waals surface area contributed by atoms with E-state index in [-0.39, 0.29) is 29.5 Å². The number of benzene rings is 1. The van der Waals surface area contributed by atoms with E-state index in [1.807, 2.05) is 0 Å². The molecule has 0 aromatic heterocycles. The van der Waals surface area contributed by atoms with E-state index in [1.165, 1.54) is 33.5 Å². The van der Waals surface area contributed by atoms with Crippen molar-refractivity contribution in [1.29, 1.82) is 0 Å². The molecule has 7 heteroatoms. The summed E-state index contributed by atoms with van der Waals surface area (Å²) in [5.74, 6) is 0.881. The minimum atomic E-state index is -2.70. The molecule has 1 rings (SSSR count). The van der Waals surface area contributed by atoms with E-state index in [1.54, 1.807) is 0 Å². The van der Waals surface area contributed by atoms with Crippen molar-refractivity contribution in [2.24, 2.45) is 5.73 Å². The largest absolute Gasteiger partial charge is 0.496 e. The van der Waals surface area contributed by atoms with Gasteiger partial charge in [-0.05, 0) is 0 Å². The van der Waals surface area contributed by atoms with E-state index in [4.69, 9.17) is 19.9 Å². The van der Waals surface area contributed by atoms with Gasteiger partial charge >= 0.3 is 0 Å². The normalized spacial score (nSPS) is 11.7. The van der Waals surface area contributed by atoms with Crippen LogP contribution in [0.4, 0.5) is 8.78 Å². The number of halogens is 3. The van der Waals surface area contributed by atoms with E-state index < -0.39 is 12.5 Å². The number of hydrogen-bond acceptors (Lipinski definition) is 4. The summed E-state index contributed by atoms with van der Waals surface area (Å²) in [7, 11) is 4.20. The second-order valence-electron chi connectivity index (χ2n) is 3.31. The zero-order valence-electron chi connectivity index (χ0n) is 10.3. The van der Waals surface area contributed by atoms with Gasteiger partial charge in [-0.2, -0.15) is 0 Å². The average molecular weight is 284 g/mol. The third kappa shape index (κ3) is 3.36. The standard InChI is InChI=1S/C11H15F2NO3.ClH/c1-15-6-4-7(16-2)9(8(5-6)17-3)10(14)11(12)13;/h4-5,10-11H,14H2,1-3H3;1H/t10-;/m1./s1. The van der Waals surface area contributed by atoms with E-state index >= 15 is 0 Å². The van der Waals surface area contributed by atoms with Crippen molar-refractivity contribution in [3.8, 4) is 17.2 Å². The van der Waals surface area contributed by atoms with Crippen LogP contribution in [0, 0.1) is 0 Å². The summed E-state index contributed by atoms with van der Waals surface area (Å²) in [6, 6.07) is 1.51. The van der Waals surface area contributed by atoms with E-state index in [0.717, 1.165) is 0 Å². The number of alkyl halides is 2. The Morgan fingerprint density at radius 2 is 1.44 bits per heavy atom. The fraction of sp³-hybridized carbons (Fsp3) is 0.455. The second-order valence-corrected chi connectivity index (χ2v) is 3.31. The highest BCUT2D eigenvalue weighted by atomic mass is 35.5. The molecule has 1 aromatic carbocycles. The maximum atomic E-state index is 12.7. The quantitative estimate of drug-likeness (QED) is 0.901. The van der Waals surface area contributed by atoms with Crippen LogP contribution in [0.5, 0.6) is 17.2 Å². The summed E-state index contributed by atoms with van der Waals surface area (Å²) in [4.78, 5) is 0. The first kappa shape index (κ1) is 16.7. The van der Waals surface area contributed by atoms with Gasteiger partial charge in [-0.15, -0.1) is 12.4 Å². The molecule has 0 aliphatic carbocycles. The Morgan fingerprint density at radius 3 is 1.72 bits per heavy atom. The van der Waals surface area contributed by atoms with Crippen molar-refractivity contribution in [1.82, 2.24) is 0 Å². The zero-order chi connectivity index (χ0) is 13.0. The molecule has 0 amide bonds. The molecular weight excluding hydrogens is 268 g/mol. The molecule has 0 unspecified atom stereocenters. The molecule has 4 nitrogen and oxygen atoms in total. The average Bonchev–Trinajstić information content (AvgIpc) is 2.35. The lowest BCUT2D eigenvalue weighted by Gasteiger charge is -2.19. The number of nitrogens with two attached hydrogens (primary N) is 1. The van der Waals surface area contributed by atoms with Gasteiger partial charge in [0.1, 0.15) is 17.2 Å². The zero-order valence-corrected chi connectivity index (χ0v) is 11.1. The van der Waals surface area contributed by atoms with Crippen LogP contribution in [0.25, 0.3) is 0 Å². The van der Waals surface area contributed by atoms with Crippen LogP contribution in [-0.2, 0) is 0 Å². The number of hydrogen-bond donors (Lipinski definition) is 1. The van der Waals surface area contributed by atoms with Crippen LogP contribution in [0.1, 0.15) is 11.6 Å². The molecule has 104 valence electrons. The predicted molar refractivity (Wildman–Crippen MR) is 66.3 cm³/mol. The molecular formula is C11H16ClF2NO3. The molecule has 0 aliphatic rings. The SMILES string of the molecule is COc1cc(OC)c([C@@H](N)C(F)F)c(OC)c1.Cl. The molecule has 0 saturated heterocycles. The maximum Gasteiger partial charge on any atom is 0.257 e. The van der Waals surface area contributed by atoms with Crippen LogP contribution < -0.4 is 19.9 Å². The maximum absolute atomic E-state index is 12.7. The number of rotatable bonds is 5. The van der Waals surface area contributed by atoms with E-state index in [2.05, 4.69) is 0 Å². The summed E-state index contributed by atoms with van der Waals surface area (Å²) in [6.07, 6.45) is -2.70. The fourth-order valence-electron chi connectivity index (χ4n) is 1.49. The van der Waals surface area contributed by atoms with Crippen molar-refractivity contribution in [3.63, 3.8) is 0 Å². The molecule has 0 aliphatic heterocycles. The Bertz CT molecular complexity index is 366. The minimum Gasteiger partial charge on any atom is -0.496 e. The first-order chi connectivity index (χ1) is 8.04. The first-order valence-electron chi connectivity index (χ1n) is 4.88. The highest BCUT2D eigenvalue weighted by Gasteiger charge is 2.26. The van der Waals surface area contributed by atoms with Crippen LogP contribution in [0.2, 0.25) is 0 Å². The minimum absolute atomic E-state index is 0. The monoisotopic (exact) mass is 283 g/mol. The lowest BCUT2D eigenvalue weighted by atomic mass is 10.0. The van der Waals surface area contributed by atoms with Gasteiger partial charge in [-0.25, -0.2) is 8.78 Å². The summed E-state index contributed by atoms with van der Waals surface area (Å²) in [5.41, 5.74) is 5.56. The molecule has 2 N–H and O–H groups in total. The van der Waals surface area contributed by atoms with E-state index in [9.17, 15) is 8.78 Å². The van der Waals surface area contributed by atoms with Crippen molar-refractivity contribution in [3.05, 3.63) is 17.7 Å². The first-order valence-corrected chi connectivity index (χ1v) is 4.88. The number of ether oxygens (including phenoxy) is 3. The second kappa shape index (κ2) is 7.23. The summed E-state index contributed by atoms with van der Waals surface area (Å²) in [5, 5.41) is 0. The lowest BCUT2D eigenvalue weighted by molar-refractivity contribution is 0.113. The Balaban J connectivity index is 0.00000289. The molecule has 0 fully saturated rings. The molecule has 0 saturated carbocycles. The van der Waals surface area contributed by atoms with Gasteiger partial charge in [0.15, 0.2) is 0 Å². The van der Waals surface area contributed by atoms with Crippen LogP contribution in [-0.4, -0.2) is 27.8 Å². The summed E-state index contributed by atoms with van der Waals surface area (Å²) < 4.78 is 40.4. The van der Waals surface area contributed by atoms with Crippen LogP contribution >= 0.6 is 12.4 Å². The topological polar surface area (TPSA) is 53.7 Å². The Labute approximate surface area is 110 Å². The molecule has 0 bridgehead atoms. The Kier molecular flexibility index (Phi) is 6.72. The smallest absolute Gasteiger partial charge is 0.257 e. The van der Waals surface area contributed by atoms with Crippen molar-refractivity contribution >= 4 is 12.4 Å². The van der Waals surface area contributed by atoms with Crippen molar-refractivity contribution in [2.45, 2.75) is 12.5 Å². The summed E-state index contributed by atoms with van der Waals surface area (Å²) in [6.45, 7) is 0. The van der Waals surface area contributed by atoms with Gasteiger partial charge in [0.05, 0.1) is 32.9 Å². The van der Waals surface area contributed by atoms with Gasteiger partial charge in [0, 0.05) is 12.1 Å². The van der Waals surface area contributed by atoms with Gasteiger partial charge < -0.3 is 19.9 Å². The highest BCUT2D eigenvalue weighted by Crippen LogP contribution is 2.39. The predicted octanol–water partition coefficient (Wildman–Crippen LogP) is 2.40. The third-order valence-corrected chi connectivity index (χ3v) is 2.36. The van der Waals surface area contributed by atoms with Crippen LogP contribution in [0.3, 0.4) is 0 Å². The highest BCUT2D eigenvalue weighted by molar-refractivity contribution is 5.85. The van der Waals surface area contributed by atoms with Crippen LogP contribution in [0.15, 0.2) is 12.1 Å². The molecule has 18 heavy (non-hydrogen) atoms. The number of methoxy groups -OCH3 is 3. The van der Waals surface area contributed by atoms with Gasteiger partial charge in [0.25, 0.3) is 6.43 Å². The molecule has 1 aromatic rings. The molecule has 0 radical (unpaired) electrons. The van der Waals surface area contributed by atoms with E-state index in [0.29, 0.717) is 5.75 Å². The molecule has 1 atom stereocenters. The van der Waals surface area contributed by atoms with Crippen molar-refractivity contribution < 1.29 is 23.0 Å². The van der Waals surface area contributed by atoms with Gasteiger partial charge in [-0.1, -0.05) is 0 Å². The van der Waals surface area contributed by atoms with Gasteiger partial charge in [0.2, 0.25) is 0 Å². The fourth-order valence-corrected chi connectivity index (χ4v) is 1.49. The van der Waals surface area contributed by atoms with Gasteiger partial charge in [-0.3, -0.25) is 0 Å². The molecule has 0 spiro atoms.